The fraction of sp³-hybridized carbons (Fsp3) is 0.917. The summed E-state index contributed by atoms with van der Waals surface area (Å²) < 4.78 is 5.71. The number of ether oxygens (including phenoxy) is 1. The summed E-state index contributed by atoms with van der Waals surface area (Å²) in [7, 11) is 1.68. The zero-order chi connectivity index (χ0) is 12.9. The van der Waals surface area contributed by atoms with Crippen LogP contribution in [0.3, 0.4) is 0 Å². The average Bonchev–Trinajstić information content (AvgIpc) is 2.43. The molecule has 17 heavy (non-hydrogen) atoms. The van der Waals surface area contributed by atoms with E-state index in [2.05, 4.69) is 33.0 Å². The summed E-state index contributed by atoms with van der Waals surface area (Å²) in [5, 5.41) is 4.74. The van der Waals surface area contributed by atoms with Gasteiger partial charge in [-0.1, -0.05) is 0 Å². The minimum Gasteiger partial charge on any atom is -0.345 e. The second-order valence-electron chi connectivity index (χ2n) is 6.24. The molecule has 1 spiro atoms. The lowest BCUT2D eigenvalue weighted by Crippen LogP contribution is -2.66. The number of hydrogen-bond acceptors (Lipinski definition) is 4. The summed E-state index contributed by atoms with van der Waals surface area (Å²) in [4.78, 5) is 17.5. The van der Waals surface area contributed by atoms with E-state index >= 15 is 0 Å². The Labute approximate surface area is 102 Å². The van der Waals surface area contributed by atoms with E-state index in [0.717, 1.165) is 0 Å². The van der Waals surface area contributed by atoms with Crippen LogP contribution in [-0.2, 0) is 14.4 Å². The Balaban J connectivity index is 2.36. The maximum atomic E-state index is 12.0. The molecule has 2 heterocycles. The molecule has 5 nitrogen and oxygen atoms in total. The van der Waals surface area contributed by atoms with Crippen LogP contribution in [-0.4, -0.2) is 41.5 Å². The number of rotatable bonds is 1. The van der Waals surface area contributed by atoms with Gasteiger partial charge in [-0.2, -0.15) is 5.06 Å². The summed E-state index contributed by atoms with van der Waals surface area (Å²) in [6, 6.07) is 0. The van der Waals surface area contributed by atoms with Gasteiger partial charge in [0.15, 0.2) is 5.60 Å². The van der Waals surface area contributed by atoms with Gasteiger partial charge in [0.05, 0.1) is 7.11 Å². The van der Waals surface area contributed by atoms with Crippen molar-refractivity contribution in [3.63, 3.8) is 0 Å². The van der Waals surface area contributed by atoms with Gasteiger partial charge >= 0.3 is 0 Å². The van der Waals surface area contributed by atoms with Crippen LogP contribution in [0.1, 0.15) is 40.5 Å². The van der Waals surface area contributed by atoms with E-state index in [9.17, 15) is 4.79 Å². The zero-order valence-electron chi connectivity index (χ0n) is 11.3. The Kier molecular flexibility index (Phi) is 2.76. The van der Waals surface area contributed by atoms with Crippen LogP contribution < -0.4 is 5.32 Å². The number of piperidine rings is 1. The van der Waals surface area contributed by atoms with Crippen LogP contribution in [0.4, 0.5) is 0 Å². The van der Waals surface area contributed by atoms with E-state index in [-0.39, 0.29) is 17.0 Å². The Morgan fingerprint density at radius 3 is 2.12 bits per heavy atom. The van der Waals surface area contributed by atoms with Crippen molar-refractivity contribution >= 4 is 5.91 Å². The number of hydroxylamine groups is 2. The molecule has 0 bridgehead atoms. The molecule has 0 aromatic carbocycles. The van der Waals surface area contributed by atoms with E-state index in [0.29, 0.717) is 19.6 Å². The highest BCUT2D eigenvalue weighted by Crippen LogP contribution is 2.46. The Morgan fingerprint density at radius 1 is 1.24 bits per heavy atom. The molecule has 98 valence electrons. The van der Waals surface area contributed by atoms with Crippen molar-refractivity contribution in [1.29, 1.82) is 0 Å². The normalized spacial score (nSPS) is 30.5. The first kappa shape index (κ1) is 12.8. The number of nitrogens with zero attached hydrogens (tertiary/aromatic N) is 1. The lowest BCUT2D eigenvalue weighted by Gasteiger charge is -2.55. The van der Waals surface area contributed by atoms with Crippen LogP contribution in [0.25, 0.3) is 0 Å². The summed E-state index contributed by atoms with van der Waals surface area (Å²) >= 11 is 0. The minimum atomic E-state index is -0.692. The number of carbonyl (C=O) groups is 1. The molecule has 0 unspecified atom stereocenters. The average molecular weight is 242 g/mol. The standard InChI is InChI=1S/C12H22N2O3/c1-10(2)6-12(9(15)13-8-17-12)7-11(3,4)14(10)16-5/h6-8H2,1-5H3,(H,13,15). The molecule has 0 aliphatic carbocycles. The molecule has 2 aliphatic heterocycles. The van der Waals surface area contributed by atoms with Crippen molar-refractivity contribution in [2.24, 2.45) is 0 Å². The van der Waals surface area contributed by atoms with E-state index < -0.39 is 5.60 Å². The highest BCUT2D eigenvalue weighted by Gasteiger charge is 2.58. The molecule has 5 heteroatoms. The first-order valence-corrected chi connectivity index (χ1v) is 6.00. The number of hydrogen-bond donors (Lipinski definition) is 1. The van der Waals surface area contributed by atoms with Gasteiger partial charge in [-0.15, -0.1) is 0 Å². The summed E-state index contributed by atoms with van der Waals surface area (Å²) in [5.41, 5.74) is -1.17. The SMILES string of the molecule is CON1C(C)(C)CC2(CC1(C)C)OCNC2=O. The second kappa shape index (κ2) is 3.67. The maximum Gasteiger partial charge on any atom is 0.254 e. The van der Waals surface area contributed by atoms with Crippen LogP contribution in [0.5, 0.6) is 0 Å². The first-order chi connectivity index (χ1) is 7.73. The highest BCUT2D eigenvalue weighted by molar-refractivity contribution is 5.87. The van der Waals surface area contributed by atoms with Gasteiger partial charge in [0.2, 0.25) is 0 Å². The molecule has 0 atom stereocenters. The van der Waals surface area contributed by atoms with Gasteiger partial charge < -0.3 is 14.9 Å². The Bertz CT molecular complexity index is 321. The lowest BCUT2D eigenvalue weighted by atomic mass is 9.72. The van der Waals surface area contributed by atoms with E-state index in [4.69, 9.17) is 9.57 Å². The molecular formula is C12H22N2O3. The monoisotopic (exact) mass is 242 g/mol. The quantitative estimate of drug-likeness (QED) is 0.746. The third kappa shape index (κ3) is 1.86. The summed E-state index contributed by atoms with van der Waals surface area (Å²) in [5.74, 6) is 0.00871. The molecule has 0 saturated carbocycles. The van der Waals surface area contributed by atoms with Gasteiger partial charge in [0.1, 0.15) is 6.73 Å². The van der Waals surface area contributed by atoms with Crippen molar-refractivity contribution in [2.45, 2.75) is 57.2 Å². The van der Waals surface area contributed by atoms with Crippen molar-refractivity contribution in [1.82, 2.24) is 10.4 Å². The molecule has 1 amide bonds. The van der Waals surface area contributed by atoms with Crippen LogP contribution in [0.15, 0.2) is 0 Å². The Morgan fingerprint density at radius 2 is 1.76 bits per heavy atom. The molecule has 2 aliphatic rings. The van der Waals surface area contributed by atoms with Crippen LogP contribution >= 0.6 is 0 Å². The number of carbonyl (C=O) groups excluding carboxylic acids is 1. The van der Waals surface area contributed by atoms with E-state index in [1.165, 1.54) is 0 Å². The maximum absolute atomic E-state index is 12.0. The highest BCUT2D eigenvalue weighted by atomic mass is 16.7. The smallest absolute Gasteiger partial charge is 0.254 e. The molecule has 2 fully saturated rings. The predicted molar refractivity (Wildman–Crippen MR) is 63.1 cm³/mol. The molecular weight excluding hydrogens is 220 g/mol. The first-order valence-electron chi connectivity index (χ1n) is 6.00. The third-order valence-corrected chi connectivity index (χ3v) is 3.71. The summed E-state index contributed by atoms with van der Waals surface area (Å²) in [6.07, 6.45) is 1.28. The van der Waals surface area contributed by atoms with Crippen molar-refractivity contribution in [2.75, 3.05) is 13.8 Å². The third-order valence-electron chi connectivity index (χ3n) is 3.71. The zero-order valence-corrected chi connectivity index (χ0v) is 11.3. The molecule has 0 aromatic rings. The van der Waals surface area contributed by atoms with Crippen LogP contribution in [0, 0.1) is 0 Å². The van der Waals surface area contributed by atoms with Gasteiger partial charge in [0.25, 0.3) is 5.91 Å². The van der Waals surface area contributed by atoms with Crippen molar-refractivity contribution in [3.05, 3.63) is 0 Å². The predicted octanol–water partition coefficient (Wildman–Crippen LogP) is 1.04. The van der Waals surface area contributed by atoms with Crippen LogP contribution in [0.2, 0.25) is 0 Å². The molecule has 0 radical (unpaired) electrons. The fourth-order valence-corrected chi connectivity index (χ4v) is 3.65. The number of amides is 1. The van der Waals surface area contributed by atoms with Gasteiger partial charge in [-0.3, -0.25) is 4.79 Å². The number of nitrogens with one attached hydrogen (secondary N) is 1. The minimum absolute atomic E-state index is 0.00871. The van der Waals surface area contributed by atoms with Crippen molar-refractivity contribution < 1.29 is 14.4 Å². The lowest BCUT2D eigenvalue weighted by molar-refractivity contribution is -0.288. The fourth-order valence-electron chi connectivity index (χ4n) is 3.65. The Hall–Kier alpha value is -0.650. The van der Waals surface area contributed by atoms with Gasteiger partial charge in [-0.05, 0) is 27.7 Å². The second-order valence-corrected chi connectivity index (χ2v) is 6.24. The van der Waals surface area contributed by atoms with Crippen molar-refractivity contribution in [3.8, 4) is 0 Å². The largest absolute Gasteiger partial charge is 0.345 e. The molecule has 2 rings (SSSR count). The van der Waals surface area contributed by atoms with E-state index in [1.807, 2.05) is 5.06 Å². The molecule has 2 saturated heterocycles. The molecule has 0 aromatic heterocycles. The summed E-state index contributed by atoms with van der Waals surface area (Å²) in [6.45, 7) is 8.63. The van der Waals surface area contributed by atoms with Gasteiger partial charge in [0, 0.05) is 23.9 Å². The van der Waals surface area contributed by atoms with E-state index in [1.54, 1.807) is 7.11 Å². The topological polar surface area (TPSA) is 50.8 Å². The van der Waals surface area contributed by atoms with Gasteiger partial charge in [-0.25, -0.2) is 0 Å². The molecule has 1 N–H and O–H groups in total.